The summed E-state index contributed by atoms with van der Waals surface area (Å²) in [5.74, 6) is -0.672. The van der Waals surface area contributed by atoms with Gasteiger partial charge >= 0.3 is 5.97 Å². The zero-order valence-electron chi connectivity index (χ0n) is 15.1. The Balaban J connectivity index is 1.55. The van der Waals surface area contributed by atoms with Crippen LogP contribution in [0.2, 0.25) is 0 Å². The molecule has 5 heteroatoms. The minimum Gasteiger partial charge on any atom is -0.452 e. The molecule has 26 heavy (non-hydrogen) atoms. The van der Waals surface area contributed by atoms with E-state index in [-0.39, 0.29) is 18.6 Å². The minimum absolute atomic E-state index is 0.148. The van der Waals surface area contributed by atoms with E-state index < -0.39 is 5.97 Å². The fourth-order valence-electron chi connectivity index (χ4n) is 3.37. The first-order chi connectivity index (χ1) is 12.6. The smallest absolute Gasteiger partial charge is 0.331 e. The van der Waals surface area contributed by atoms with Gasteiger partial charge in [0.1, 0.15) is 0 Å². The molecule has 1 aliphatic rings. The molecule has 1 aromatic carbocycles. The van der Waals surface area contributed by atoms with E-state index in [0.29, 0.717) is 0 Å². The van der Waals surface area contributed by atoms with Crippen molar-refractivity contribution in [2.45, 2.75) is 38.1 Å². The molecule has 0 aliphatic heterocycles. The SMILES string of the molecule is CN(C(=O)COC(=O)/C=C/c1cccc2cccnc12)C1CCCCC1. The number of hydrogen-bond donors (Lipinski definition) is 0. The van der Waals surface area contributed by atoms with Gasteiger partial charge in [0.15, 0.2) is 6.61 Å². The fourth-order valence-corrected chi connectivity index (χ4v) is 3.37. The number of carbonyl (C=O) groups is 2. The van der Waals surface area contributed by atoms with Gasteiger partial charge in [-0.05, 0) is 25.0 Å². The molecule has 0 unspecified atom stereocenters. The summed E-state index contributed by atoms with van der Waals surface area (Å²) in [6.07, 6.45) is 10.4. The van der Waals surface area contributed by atoms with Gasteiger partial charge in [-0.1, -0.05) is 43.5 Å². The van der Waals surface area contributed by atoms with E-state index in [4.69, 9.17) is 4.74 Å². The van der Waals surface area contributed by atoms with Crippen molar-refractivity contribution >= 4 is 28.9 Å². The molecule has 1 aliphatic carbocycles. The van der Waals surface area contributed by atoms with E-state index in [2.05, 4.69) is 4.98 Å². The van der Waals surface area contributed by atoms with Crippen LogP contribution in [0.15, 0.2) is 42.6 Å². The van der Waals surface area contributed by atoms with Crippen molar-refractivity contribution in [1.82, 2.24) is 9.88 Å². The van der Waals surface area contributed by atoms with Gasteiger partial charge in [0.05, 0.1) is 5.52 Å². The van der Waals surface area contributed by atoms with E-state index in [9.17, 15) is 9.59 Å². The Labute approximate surface area is 153 Å². The highest BCUT2D eigenvalue weighted by Gasteiger charge is 2.22. The Hall–Kier alpha value is -2.69. The van der Waals surface area contributed by atoms with Gasteiger partial charge in [-0.2, -0.15) is 0 Å². The van der Waals surface area contributed by atoms with Crippen molar-refractivity contribution < 1.29 is 14.3 Å². The lowest BCUT2D eigenvalue weighted by molar-refractivity contribution is -0.148. The van der Waals surface area contributed by atoms with Gasteiger partial charge in [0.25, 0.3) is 5.91 Å². The van der Waals surface area contributed by atoms with E-state index in [1.807, 2.05) is 30.3 Å². The highest BCUT2D eigenvalue weighted by atomic mass is 16.5. The molecule has 1 fully saturated rings. The number of carbonyl (C=O) groups excluding carboxylic acids is 2. The van der Waals surface area contributed by atoms with E-state index >= 15 is 0 Å². The van der Waals surface area contributed by atoms with Crippen molar-refractivity contribution in [3.63, 3.8) is 0 Å². The molecule has 3 rings (SSSR count). The summed E-state index contributed by atoms with van der Waals surface area (Å²) >= 11 is 0. The largest absolute Gasteiger partial charge is 0.452 e. The third-order valence-corrected chi connectivity index (χ3v) is 4.92. The number of rotatable bonds is 5. The highest BCUT2D eigenvalue weighted by molar-refractivity contribution is 5.93. The van der Waals surface area contributed by atoms with E-state index in [0.717, 1.165) is 42.1 Å². The van der Waals surface area contributed by atoms with Crippen molar-refractivity contribution in [2.24, 2.45) is 0 Å². The standard InChI is InChI=1S/C21H24N2O3/c1-23(18-10-3-2-4-11-18)19(24)15-26-20(25)13-12-17-8-5-7-16-9-6-14-22-21(16)17/h5-9,12-14,18H,2-4,10-11,15H2,1H3/b13-12+. The lowest BCUT2D eigenvalue weighted by Gasteiger charge is -2.31. The topological polar surface area (TPSA) is 59.5 Å². The number of amides is 1. The molecular formula is C21H24N2O3. The summed E-state index contributed by atoms with van der Waals surface area (Å²) in [7, 11) is 1.80. The van der Waals surface area contributed by atoms with Crippen LogP contribution in [0.3, 0.4) is 0 Å². The second kappa shape index (κ2) is 8.61. The molecule has 1 amide bonds. The Bertz CT molecular complexity index is 805. The van der Waals surface area contributed by atoms with E-state index in [1.165, 1.54) is 12.5 Å². The number of esters is 1. The van der Waals surface area contributed by atoms with Gasteiger partial charge in [0, 0.05) is 36.3 Å². The minimum atomic E-state index is -0.525. The molecule has 1 heterocycles. The highest BCUT2D eigenvalue weighted by Crippen LogP contribution is 2.21. The van der Waals surface area contributed by atoms with Gasteiger partial charge < -0.3 is 9.64 Å². The first-order valence-corrected chi connectivity index (χ1v) is 9.09. The monoisotopic (exact) mass is 352 g/mol. The summed E-state index contributed by atoms with van der Waals surface area (Å²) in [6, 6.07) is 9.89. The summed E-state index contributed by atoms with van der Waals surface area (Å²) in [5.41, 5.74) is 1.66. The molecule has 1 aromatic heterocycles. The van der Waals surface area contributed by atoms with Crippen molar-refractivity contribution in [3.05, 3.63) is 48.2 Å². The molecule has 136 valence electrons. The molecule has 0 radical (unpaired) electrons. The molecule has 0 saturated heterocycles. The van der Waals surface area contributed by atoms with Crippen LogP contribution in [0, 0.1) is 0 Å². The third kappa shape index (κ3) is 4.48. The van der Waals surface area contributed by atoms with Crippen LogP contribution in [0.1, 0.15) is 37.7 Å². The van der Waals surface area contributed by atoms with Gasteiger partial charge in [-0.3, -0.25) is 9.78 Å². The van der Waals surface area contributed by atoms with Crippen molar-refractivity contribution in [2.75, 3.05) is 13.7 Å². The molecule has 1 saturated carbocycles. The first-order valence-electron chi connectivity index (χ1n) is 9.09. The molecule has 0 N–H and O–H groups in total. The fraction of sp³-hybridized carbons (Fsp3) is 0.381. The van der Waals surface area contributed by atoms with Crippen molar-refractivity contribution in [1.29, 1.82) is 0 Å². The molecule has 5 nitrogen and oxygen atoms in total. The van der Waals surface area contributed by atoms with Gasteiger partial charge in [-0.15, -0.1) is 0 Å². The molecule has 0 spiro atoms. The molecule has 0 atom stereocenters. The van der Waals surface area contributed by atoms with Crippen molar-refractivity contribution in [3.8, 4) is 0 Å². The number of ether oxygens (including phenoxy) is 1. The van der Waals surface area contributed by atoms with Gasteiger partial charge in [-0.25, -0.2) is 4.79 Å². The van der Waals surface area contributed by atoms with Crippen LogP contribution >= 0.6 is 0 Å². The Kier molecular flexibility index (Phi) is 6.00. The second-order valence-electron chi connectivity index (χ2n) is 6.66. The lowest BCUT2D eigenvalue weighted by Crippen LogP contribution is -2.40. The quantitative estimate of drug-likeness (QED) is 0.609. The molecule has 2 aromatic rings. The summed E-state index contributed by atoms with van der Waals surface area (Å²) in [6.45, 7) is -0.218. The summed E-state index contributed by atoms with van der Waals surface area (Å²) < 4.78 is 5.11. The maximum Gasteiger partial charge on any atom is 0.331 e. The summed E-state index contributed by atoms with van der Waals surface area (Å²) in [4.78, 5) is 30.2. The first kappa shape index (κ1) is 18.1. The zero-order chi connectivity index (χ0) is 18.4. The number of nitrogens with zero attached hydrogens (tertiary/aromatic N) is 2. The number of aromatic nitrogens is 1. The number of pyridine rings is 1. The number of likely N-dealkylation sites (N-methyl/N-ethyl adjacent to an activating group) is 1. The van der Waals surface area contributed by atoms with Crippen LogP contribution in [0.5, 0.6) is 0 Å². The second-order valence-corrected chi connectivity index (χ2v) is 6.66. The maximum absolute atomic E-state index is 12.2. The molecule has 0 bridgehead atoms. The molecular weight excluding hydrogens is 328 g/mol. The Morgan fingerprint density at radius 1 is 1.19 bits per heavy atom. The van der Waals surface area contributed by atoms with Crippen LogP contribution in [-0.4, -0.2) is 41.5 Å². The average molecular weight is 352 g/mol. The van der Waals surface area contributed by atoms with Crippen LogP contribution in [-0.2, 0) is 14.3 Å². The Morgan fingerprint density at radius 2 is 1.96 bits per heavy atom. The number of fused-ring (bicyclic) bond motifs is 1. The van der Waals surface area contributed by atoms with Crippen LogP contribution in [0.4, 0.5) is 0 Å². The van der Waals surface area contributed by atoms with Crippen LogP contribution in [0.25, 0.3) is 17.0 Å². The predicted octanol–water partition coefficient (Wildman–Crippen LogP) is 3.58. The third-order valence-electron chi connectivity index (χ3n) is 4.92. The number of benzene rings is 1. The number of para-hydroxylation sites is 1. The maximum atomic E-state index is 12.2. The summed E-state index contributed by atoms with van der Waals surface area (Å²) in [5, 5.41) is 1.01. The average Bonchev–Trinajstić information content (AvgIpc) is 2.70. The zero-order valence-corrected chi connectivity index (χ0v) is 15.1. The Morgan fingerprint density at radius 3 is 2.77 bits per heavy atom. The van der Waals surface area contributed by atoms with Gasteiger partial charge in [0.2, 0.25) is 0 Å². The number of hydrogen-bond acceptors (Lipinski definition) is 4. The van der Waals surface area contributed by atoms with E-state index in [1.54, 1.807) is 24.2 Å². The van der Waals surface area contributed by atoms with Crippen LogP contribution < -0.4 is 0 Å². The normalized spacial score (nSPS) is 15.3. The lowest BCUT2D eigenvalue weighted by atomic mass is 9.94. The predicted molar refractivity (Wildman–Crippen MR) is 101 cm³/mol.